The summed E-state index contributed by atoms with van der Waals surface area (Å²) in [5.74, 6) is 1.21. The van der Waals surface area contributed by atoms with Crippen LogP contribution in [0, 0.1) is 18.8 Å². The minimum absolute atomic E-state index is 0.402. The maximum atomic E-state index is 12.3. The minimum atomic E-state index is -3.36. The molecule has 2 rings (SSSR count). The molecule has 1 aliphatic rings. The lowest BCUT2D eigenvalue weighted by atomic mass is 9.83. The zero-order chi connectivity index (χ0) is 13.9. The Morgan fingerprint density at radius 1 is 1.26 bits per heavy atom. The molecule has 0 radical (unpaired) electrons. The van der Waals surface area contributed by atoms with E-state index in [-0.39, 0.29) is 0 Å². The lowest BCUT2D eigenvalue weighted by Crippen LogP contribution is -2.31. The SMILES string of the molecule is Cc1ccccc1S(=O)(=O)NCC1CCCC(C)C1. The fourth-order valence-electron chi connectivity index (χ4n) is 2.91. The molecule has 19 heavy (non-hydrogen) atoms. The van der Waals surface area contributed by atoms with Crippen LogP contribution in [0.1, 0.15) is 38.2 Å². The lowest BCUT2D eigenvalue weighted by Gasteiger charge is -2.26. The number of hydrogen-bond acceptors (Lipinski definition) is 2. The van der Waals surface area contributed by atoms with Gasteiger partial charge in [-0.15, -0.1) is 0 Å². The maximum absolute atomic E-state index is 12.3. The summed E-state index contributed by atoms with van der Waals surface area (Å²) in [5.41, 5.74) is 0.798. The second kappa shape index (κ2) is 6.06. The van der Waals surface area contributed by atoms with Crippen molar-refractivity contribution in [3.05, 3.63) is 29.8 Å². The molecular formula is C15H23NO2S. The highest BCUT2D eigenvalue weighted by molar-refractivity contribution is 7.89. The molecule has 0 heterocycles. The summed E-state index contributed by atoms with van der Waals surface area (Å²) in [5, 5.41) is 0. The third-order valence-electron chi connectivity index (χ3n) is 3.99. The van der Waals surface area contributed by atoms with Gasteiger partial charge >= 0.3 is 0 Å². The molecule has 106 valence electrons. The van der Waals surface area contributed by atoms with Crippen molar-refractivity contribution >= 4 is 10.0 Å². The number of rotatable bonds is 4. The first-order valence-corrected chi connectivity index (χ1v) is 8.52. The van der Waals surface area contributed by atoms with E-state index in [4.69, 9.17) is 0 Å². The Kier molecular flexibility index (Phi) is 4.63. The van der Waals surface area contributed by atoms with Gasteiger partial charge in [-0.25, -0.2) is 13.1 Å². The van der Waals surface area contributed by atoms with Gasteiger partial charge in [0, 0.05) is 6.54 Å². The van der Waals surface area contributed by atoms with Crippen LogP contribution in [0.5, 0.6) is 0 Å². The molecule has 1 aliphatic carbocycles. The van der Waals surface area contributed by atoms with E-state index in [9.17, 15) is 8.42 Å². The molecule has 2 unspecified atom stereocenters. The van der Waals surface area contributed by atoms with Crippen molar-refractivity contribution in [2.75, 3.05) is 6.54 Å². The number of sulfonamides is 1. The van der Waals surface area contributed by atoms with Crippen molar-refractivity contribution in [3.63, 3.8) is 0 Å². The molecule has 0 spiro atoms. The zero-order valence-electron chi connectivity index (χ0n) is 11.7. The molecular weight excluding hydrogens is 258 g/mol. The van der Waals surface area contributed by atoms with Gasteiger partial charge in [0.25, 0.3) is 0 Å². The largest absolute Gasteiger partial charge is 0.240 e. The van der Waals surface area contributed by atoms with Gasteiger partial charge in [-0.1, -0.05) is 38.0 Å². The Morgan fingerprint density at radius 2 is 2.00 bits per heavy atom. The lowest BCUT2D eigenvalue weighted by molar-refractivity contribution is 0.283. The van der Waals surface area contributed by atoms with Gasteiger partial charge in [0.2, 0.25) is 10.0 Å². The molecule has 1 fully saturated rings. The highest BCUT2D eigenvalue weighted by atomic mass is 32.2. The Hall–Kier alpha value is -0.870. The average molecular weight is 281 g/mol. The molecule has 0 amide bonds. The maximum Gasteiger partial charge on any atom is 0.240 e. The summed E-state index contributed by atoms with van der Waals surface area (Å²) in [4.78, 5) is 0.402. The summed E-state index contributed by atoms with van der Waals surface area (Å²) >= 11 is 0. The van der Waals surface area contributed by atoms with Crippen LogP contribution in [0.3, 0.4) is 0 Å². The molecule has 0 saturated heterocycles. The first kappa shape index (κ1) is 14.5. The molecule has 1 aromatic rings. The molecule has 0 aliphatic heterocycles. The van der Waals surface area contributed by atoms with E-state index < -0.39 is 10.0 Å². The fourth-order valence-corrected chi connectivity index (χ4v) is 4.27. The van der Waals surface area contributed by atoms with E-state index in [0.29, 0.717) is 17.4 Å². The van der Waals surface area contributed by atoms with Crippen molar-refractivity contribution < 1.29 is 8.42 Å². The predicted molar refractivity (Wildman–Crippen MR) is 77.5 cm³/mol. The topological polar surface area (TPSA) is 46.2 Å². The van der Waals surface area contributed by atoms with E-state index in [1.165, 1.54) is 12.8 Å². The van der Waals surface area contributed by atoms with Gasteiger partial charge in [-0.05, 0) is 43.2 Å². The van der Waals surface area contributed by atoms with Crippen molar-refractivity contribution in [2.45, 2.75) is 44.4 Å². The van der Waals surface area contributed by atoms with Gasteiger partial charge in [-0.2, -0.15) is 0 Å². The summed E-state index contributed by atoms with van der Waals surface area (Å²) in [6.45, 7) is 4.65. The average Bonchev–Trinajstić information content (AvgIpc) is 2.37. The Morgan fingerprint density at radius 3 is 2.68 bits per heavy atom. The summed E-state index contributed by atoms with van der Waals surface area (Å²) < 4.78 is 27.3. The van der Waals surface area contributed by atoms with Crippen LogP contribution in [0.4, 0.5) is 0 Å². The van der Waals surface area contributed by atoms with E-state index >= 15 is 0 Å². The van der Waals surface area contributed by atoms with Gasteiger partial charge in [0.1, 0.15) is 0 Å². The molecule has 0 aromatic heterocycles. The Labute approximate surface area is 116 Å². The van der Waals surface area contributed by atoms with Gasteiger partial charge in [0.05, 0.1) is 4.90 Å². The third-order valence-corrected chi connectivity index (χ3v) is 5.57. The van der Waals surface area contributed by atoms with Crippen LogP contribution in [-0.2, 0) is 10.0 Å². The standard InChI is InChI=1S/C15H23NO2S/c1-12-6-5-8-14(10-12)11-16-19(17,18)15-9-4-3-7-13(15)2/h3-4,7,9,12,14,16H,5-6,8,10-11H2,1-2H3. The summed E-state index contributed by atoms with van der Waals surface area (Å²) in [6, 6.07) is 7.12. The summed E-state index contributed by atoms with van der Waals surface area (Å²) in [6.07, 6.45) is 4.77. The first-order chi connectivity index (χ1) is 8.99. The van der Waals surface area contributed by atoms with Crippen LogP contribution in [0.2, 0.25) is 0 Å². The second-order valence-corrected chi connectivity index (χ2v) is 7.49. The molecule has 1 aromatic carbocycles. The number of aryl methyl sites for hydroxylation is 1. The highest BCUT2D eigenvalue weighted by Crippen LogP contribution is 2.28. The smallest absolute Gasteiger partial charge is 0.211 e. The molecule has 3 nitrogen and oxygen atoms in total. The number of hydrogen-bond donors (Lipinski definition) is 1. The second-order valence-electron chi connectivity index (χ2n) is 5.76. The van der Waals surface area contributed by atoms with Crippen LogP contribution in [0.15, 0.2) is 29.2 Å². The molecule has 2 atom stereocenters. The molecule has 0 bridgehead atoms. The van der Waals surface area contributed by atoms with Crippen LogP contribution in [0.25, 0.3) is 0 Å². The normalized spacial score (nSPS) is 24.3. The Balaban J connectivity index is 2.00. The van der Waals surface area contributed by atoms with E-state index in [0.717, 1.165) is 24.3 Å². The van der Waals surface area contributed by atoms with Gasteiger partial charge in [-0.3, -0.25) is 0 Å². The van der Waals surface area contributed by atoms with E-state index in [1.807, 2.05) is 19.1 Å². The Bertz CT molecular complexity index is 525. The van der Waals surface area contributed by atoms with Crippen molar-refractivity contribution in [1.82, 2.24) is 4.72 Å². The van der Waals surface area contributed by atoms with Crippen LogP contribution in [-0.4, -0.2) is 15.0 Å². The molecule has 1 N–H and O–H groups in total. The number of nitrogens with one attached hydrogen (secondary N) is 1. The number of benzene rings is 1. The van der Waals surface area contributed by atoms with E-state index in [1.54, 1.807) is 12.1 Å². The predicted octanol–water partition coefficient (Wildman–Crippen LogP) is 3.10. The van der Waals surface area contributed by atoms with Gasteiger partial charge < -0.3 is 0 Å². The highest BCUT2D eigenvalue weighted by Gasteiger charge is 2.22. The fraction of sp³-hybridized carbons (Fsp3) is 0.600. The van der Waals surface area contributed by atoms with E-state index in [2.05, 4.69) is 11.6 Å². The minimum Gasteiger partial charge on any atom is -0.211 e. The summed E-state index contributed by atoms with van der Waals surface area (Å²) in [7, 11) is -3.36. The molecule has 1 saturated carbocycles. The van der Waals surface area contributed by atoms with Crippen LogP contribution >= 0.6 is 0 Å². The molecule has 4 heteroatoms. The van der Waals surface area contributed by atoms with Crippen molar-refractivity contribution in [3.8, 4) is 0 Å². The first-order valence-electron chi connectivity index (χ1n) is 7.04. The van der Waals surface area contributed by atoms with Crippen LogP contribution < -0.4 is 4.72 Å². The third kappa shape index (κ3) is 3.80. The zero-order valence-corrected chi connectivity index (χ0v) is 12.5. The quantitative estimate of drug-likeness (QED) is 0.921. The monoisotopic (exact) mass is 281 g/mol. The van der Waals surface area contributed by atoms with Crippen molar-refractivity contribution in [1.29, 1.82) is 0 Å². The van der Waals surface area contributed by atoms with Crippen molar-refractivity contribution in [2.24, 2.45) is 11.8 Å². The van der Waals surface area contributed by atoms with Gasteiger partial charge in [0.15, 0.2) is 0 Å².